The van der Waals surface area contributed by atoms with Gasteiger partial charge in [0.05, 0.1) is 39.2 Å². The number of benzene rings is 3. The van der Waals surface area contributed by atoms with E-state index in [1.165, 1.54) is 12.1 Å². The number of carbonyl (C=O) groups is 2. The van der Waals surface area contributed by atoms with Gasteiger partial charge in [0.2, 0.25) is 0 Å². The summed E-state index contributed by atoms with van der Waals surface area (Å²) in [6.45, 7) is 0.375. The van der Waals surface area contributed by atoms with Gasteiger partial charge >= 0.3 is 0 Å². The molecule has 5 atom stereocenters. The Morgan fingerprint density at radius 1 is 1.00 bits per heavy atom. The molecule has 2 aromatic heterocycles. The molecular formula is C27H18N4O7. The molecule has 188 valence electrons. The van der Waals surface area contributed by atoms with Crippen molar-refractivity contribution in [1.29, 1.82) is 0 Å². The van der Waals surface area contributed by atoms with E-state index < -0.39 is 23.0 Å². The highest BCUT2D eigenvalue weighted by molar-refractivity contribution is 6.39. The first-order valence-electron chi connectivity index (χ1n) is 12.4. The normalized spacial score (nSPS) is 27.1. The molecular weight excluding hydrogens is 492 g/mol. The third-order valence-electron chi connectivity index (χ3n) is 8.67. The SMILES string of the molecule is CO[C@H]1[C@@H]2OC[C@H]1O[C@@H]1[C@H]2n2c3ccccc3c3c4c(c5c6cc([N+](=O)[O-])ccc6n1c5c32)C(=O)NC4=O. The second kappa shape index (κ2) is 6.57. The molecule has 2 bridgehead atoms. The summed E-state index contributed by atoms with van der Waals surface area (Å²) >= 11 is 0. The first-order chi connectivity index (χ1) is 18.5. The number of nitrogens with zero attached hydrogens (tertiary/aromatic N) is 3. The smallest absolute Gasteiger partial charge is 0.270 e. The molecule has 6 heterocycles. The van der Waals surface area contributed by atoms with Gasteiger partial charge in [0, 0.05) is 46.3 Å². The van der Waals surface area contributed by atoms with Crippen molar-refractivity contribution in [1.82, 2.24) is 14.5 Å². The van der Waals surface area contributed by atoms with Gasteiger partial charge in [-0.25, -0.2) is 0 Å². The Balaban J connectivity index is 1.58. The summed E-state index contributed by atoms with van der Waals surface area (Å²) in [7, 11) is 1.65. The lowest BCUT2D eigenvalue weighted by Crippen LogP contribution is -2.50. The van der Waals surface area contributed by atoms with Crippen molar-refractivity contribution in [3.8, 4) is 0 Å². The van der Waals surface area contributed by atoms with Crippen LogP contribution >= 0.6 is 0 Å². The monoisotopic (exact) mass is 510 g/mol. The average Bonchev–Trinajstić information content (AvgIpc) is 3.61. The van der Waals surface area contributed by atoms with Gasteiger partial charge < -0.3 is 23.3 Å². The molecule has 4 aliphatic rings. The van der Waals surface area contributed by atoms with E-state index in [1.54, 1.807) is 13.2 Å². The number of hydrogen-bond donors (Lipinski definition) is 1. The Bertz CT molecular complexity index is 1990. The number of rotatable bonds is 2. The van der Waals surface area contributed by atoms with Crippen LogP contribution in [0.2, 0.25) is 0 Å². The van der Waals surface area contributed by atoms with Crippen molar-refractivity contribution in [2.75, 3.05) is 13.7 Å². The van der Waals surface area contributed by atoms with Gasteiger partial charge in [0.25, 0.3) is 17.5 Å². The minimum Gasteiger partial charge on any atom is -0.376 e. The number of hydrogen-bond acceptors (Lipinski definition) is 7. The number of aromatic nitrogens is 2. The Labute approximate surface area is 212 Å². The second-order valence-corrected chi connectivity index (χ2v) is 10.3. The second-order valence-electron chi connectivity index (χ2n) is 10.3. The number of para-hydroxylation sites is 1. The Morgan fingerprint density at radius 2 is 1.71 bits per heavy atom. The molecule has 0 spiro atoms. The molecule has 38 heavy (non-hydrogen) atoms. The van der Waals surface area contributed by atoms with Crippen LogP contribution in [0.1, 0.15) is 33.0 Å². The minimum absolute atomic E-state index is 0.0983. The molecule has 11 nitrogen and oxygen atoms in total. The van der Waals surface area contributed by atoms with Crippen LogP contribution in [0.25, 0.3) is 43.6 Å². The fraction of sp³-hybridized carbons (Fsp3) is 0.259. The van der Waals surface area contributed by atoms with Crippen LogP contribution in [0, 0.1) is 10.1 Å². The number of nitro benzene ring substituents is 1. The number of imide groups is 1. The summed E-state index contributed by atoms with van der Waals surface area (Å²) in [5.41, 5.74) is 3.50. The zero-order chi connectivity index (χ0) is 25.6. The Hall–Kier alpha value is -4.32. The first-order valence-corrected chi connectivity index (χ1v) is 12.4. The van der Waals surface area contributed by atoms with E-state index in [1.807, 2.05) is 28.8 Å². The lowest BCUT2D eigenvalue weighted by molar-refractivity contribution is -0.384. The molecule has 2 amide bonds. The molecule has 0 radical (unpaired) electrons. The summed E-state index contributed by atoms with van der Waals surface area (Å²) in [5, 5.41) is 16.8. The summed E-state index contributed by atoms with van der Waals surface area (Å²) in [4.78, 5) is 37.9. The van der Waals surface area contributed by atoms with E-state index in [4.69, 9.17) is 14.2 Å². The first kappa shape index (κ1) is 20.7. The van der Waals surface area contributed by atoms with Crippen molar-refractivity contribution >= 4 is 61.1 Å². The van der Waals surface area contributed by atoms with Crippen LogP contribution < -0.4 is 5.32 Å². The minimum atomic E-state index is -0.523. The van der Waals surface area contributed by atoms with Crippen molar-refractivity contribution < 1.29 is 28.7 Å². The number of methoxy groups -OCH3 is 1. The average molecular weight is 510 g/mol. The summed E-state index contributed by atoms with van der Waals surface area (Å²) < 4.78 is 23.0. The molecule has 3 aromatic carbocycles. The third-order valence-corrected chi connectivity index (χ3v) is 8.67. The van der Waals surface area contributed by atoms with Gasteiger partial charge in [-0.1, -0.05) is 18.2 Å². The van der Waals surface area contributed by atoms with Gasteiger partial charge in [-0.2, -0.15) is 0 Å². The molecule has 11 heteroatoms. The molecule has 0 unspecified atom stereocenters. The number of ether oxygens (including phenoxy) is 3. The predicted octanol–water partition coefficient (Wildman–Crippen LogP) is 3.56. The van der Waals surface area contributed by atoms with Crippen molar-refractivity contribution in [2.24, 2.45) is 0 Å². The van der Waals surface area contributed by atoms with E-state index in [0.717, 1.165) is 16.4 Å². The maximum Gasteiger partial charge on any atom is 0.270 e. The quantitative estimate of drug-likeness (QED) is 0.219. The van der Waals surface area contributed by atoms with Crippen molar-refractivity contribution in [2.45, 2.75) is 30.6 Å². The largest absolute Gasteiger partial charge is 0.376 e. The highest BCUT2D eigenvalue weighted by Gasteiger charge is 2.56. The van der Waals surface area contributed by atoms with Crippen LogP contribution in [-0.2, 0) is 14.2 Å². The molecule has 0 aliphatic carbocycles. The summed E-state index contributed by atoms with van der Waals surface area (Å²) in [6, 6.07) is 12.1. The zero-order valence-electron chi connectivity index (χ0n) is 19.8. The fourth-order valence-electron chi connectivity index (χ4n) is 7.37. The number of nitrogens with one attached hydrogen (secondary N) is 1. The molecule has 2 saturated heterocycles. The Morgan fingerprint density at radius 3 is 2.47 bits per heavy atom. The van der Waals surface area contributed by atoms with Crippen LogP contribution in [0.3, 0.4) is 0 Å². The molecule has 5 aromatic rings. The zero-order valence-corrected chi connectivity index (χ0v) is 19.8. The summed E-state index contributed by atoms with van der Waals surface area (Å²) in [5.74, 6) is -0.987. The topological polar surface area (TPSA) is 127 Å². The third kappa shape index (κ3) is 2.12. The molecule has 4 aliphatic heterocycles. The summed E-state index contributed by atoms with van der Waals surface area (Å²) in [6.07, 6.45) is -1.43. The van der Waals surface area contributed by atoms with Crippen molar-refractivity contribution in [3.05, 3.63) is 63.7 Å². The highest BCUT2D eigenvalue weighted by atomic mass is 16.6. The van der Waals surface area contributed by atoms with Gasteiger partial charge in [0.1, 0.15) is 24.4 Å². The molecule has 1 N–H and O–H groups in total. The van der Waals surface area contributed by atoms with E-state index in [0.29, 0.717) is 39.4 Å². The molecule has 2 fully saturated rings. The maximum absolute atomic E-state index is 13.3. The van der Waals surface area contributed by atoms with Crippen LogP contribution in [0.4, 0.5) is 5.69 Å². The van der Waals surface area contributed by atoms with E-state index in [2.05, 4.69) is 9.88 Å². The number of nitro groups is 1. The van der Waals surface area contributed by atoms with Crippen LogP contribution in [-0.4, -0.2) is 57.9 Å². The van der Waals surface area contributed by atoms with E-state index >= 15 is 0 Å². The molecule has 0 saturated carbocycles. The van der Waals surface area contributed by atoms with E-state index in [9.17, 15) is 19.7 Å². The molecule has 9 rings (SSSR count). The lowest BCUT2D eigenvalue weighted by atomic mass is 9.94. The highest BCUT2D eigenvalue weighted by Crippen LogP contribution is 2.55. The van der Waals surface area contributed by atoms with Gasteiger partial charge in [0.15, 0.2) is 6.23 Å². The van der Waals surface area contributed by atoms with Gasteiger partial charge in [-0.15, -0.1) is 0 Å². The Kier molecular flexibility index (Phi) is 3.58. The van der Waals surface area contributed by atoms with E-state index in [-0.39, 0.29) is 35.6 Å². The van der Waals surface area contributed by atoms with Gasteiger partial charge in [-0.3, -0.25) is 25.0 Å². The van der Waals surface area contributed by atoms with Gasteiger partial charge in [-0.05, 0) is 12.1 Å². The predicted molar refractivity (Wildman–Crippen MR) is 134 cm³/mol. The number of amides is 2. The number of fused-ring (bicyclic) bond motifs is 15. The fourth-order valence-corrected chi connectivity index (χ4v) is 7.37. The number of non-ortho nitro benzene ring substituents is 1. The van der Waals surface area contributed by atoms with Crippen LogP contribution in [0.15, 0.2) is 42.5 Å². The number of carbonyl (C=O) groups excluding carboxylic acids is 2. The maximum atomic E-state index is 13.3. The van der Waals surface area contributed by atoms with Crippen LogP contribution in [0.5, 0.6) is 0 Å². The standard InChI is InChI=1S/C27H18N4O7/c1-36-23-15-9-37-24(23)22-27(38-15)30-14-7-6-10(31(34)35)8-12(14)17-19-18(25(32)28-26(19)33)16-11-4-2-3-5-13(11)29(22)20(16)21(17)30/h2-8,15,22-24,27H,9H2,1H3,(H,28,32,33)/t15-,22+,23-,24-,27-/m1/s1. The van der Waals surface area contributed by atoms with Crippen molar-refractivity contribution in [3.63, 3.8) is 0 Å². The lowest BCUT2D eigenvalue weighted by Gasteiger charge is -2.44.